The van der Waals surface area contributed by atoms with Crippen LogP contribution >= 0.6 is 11.3 Å². The Morgan fingerprint density at radius 3 is 2.68 bits per heavy atom. The van der Waals surface area contributed by atoms with E-state index in [0.717, 1.165) is 35.1 Å². The molecule has 1 aromatic heterocycles. The van der Waals surface area contributed by atoms with Gasteiger partial charge >= 0.3 is 0 Å². The van der Waals surface area contributed by atoms with Crippen LogP contribution in [0.2, 0.25) is 0 Å². The molecule has 0 aliphatic heterocycles. The molecule has 2 rings (SSSR count). The summed E-state index contributed by atoms with van der Waals surface area (Å²) in [5.74, 6) is 1.01. The molecule has 4 nitrogen and oxygen atoms in total. The van der Waals surface area contributed by atoms with Crippen molar-refractivity contribution >= 4 is 17.2 Å². The Hall–Kier alpha value is -1.88. The highest BCUT2D eigenvalue weighted by Gasteiger charge is 2.13. The number of aromatic nitrogens is 1. The van der Waals surface area contributed by atoms with Crippen LogP contribution in [0.15, 0.2) is 29.6 Å². The van der Waals surface area contributed by atoms with Crippen molar-refractivity contribution in [3.8, 4) is 16.3 Å². The summed E-state index contributed by atoms with van der Waals surface area (Å²) in [5.41, 5.74) is 1.96. The van der Waals surface area contributed by atoms with E-state index in [1.54, 1.807) is 18.4 Å². The predicted octanol–water partition coefficient (Wildman–Crippen LogP) is 3.62. The molecule has 0 bridgehead atoms. The molecule has 22 heavy (non-hydrogen) atoms. The summed E-state index contributed by atoms with van der Waals surface area (Å²) in [6.45, 7) is 5.53. The topological polar surface area (TPSA) is 42.4 Å². The number of benzene rings is 1. The van der Waals surface area contributed by atoms with Gasteiger partial charge in [0.05, 0.1) is 18.4 Å². The van der Waals surface area contributed by atoms with Crippen molar-refractivity contribution in [1.29, 1.82) is 0 Å². The lowest BCUT2D eigenvalue weighted by molar-refractivity contribution is -0.130. The summed E-state index contributed by atoms with van der Waals surface area (Å²) in [6, 6.07) is 7.85. The zero-order valence-corrected chi connectivity index (χ0v) is 14.2. The first-order chi connectivity index (χ1) is 10.7. The summed E-state index contributed by atoms with van der Waals surface area (Å²) >= 11 is 1.59. The zero-order chi connectivity index (χ0) is 15.9. The van der Waals surface area contributed by atoms with E-state index in [1.807, 2.05) is 48.4 Å². The van der Waals surface area contributed by atoms with Crippen molar-refractivity contribution in [2.24, 2.45) is 0 Å². The quantitative estimate of drug-likeness (QED) is 0.783. The third-order valence-corrected chi connectivity index (χ3v) is 4.52. The van der Waals surface area contributed by atoms with Crippen molar-refractivity contribution < 1.29 is 9.53 Å². The molecule has 0 radical (unpaired) electrons. The van der Waals surface area contributed by atoms with Crippen molar-refractivity contribution in [1.82, 2.24) is 9.88 Å². The molecule has 0 unspecified atom stereocenters. The number of aryl methyl sites for hydroxylation is 1. The molecular weight excluding hydrogens is 296 g/mol. The molecule has 1 aromatic carbocycles. The summed E-state index contributed by atoms with van der Waals surface area (Å²) in [4.78, 5) is 18.5. The summed E-state index contributed by atoms with van der Waals surface area (Å²) < 4.78 is 5.37. The lowest BCUT2D eigenvalue weighted by Crippen LogP contribution is -2.30. The molecule has 0 saturated heterocycles. The Kier molecular flexibility index (Phi) is 5.95. The number of nitrogens with zero attached hydrogens (tertiary/aromatic N) is 2. The monoisotopic (exact) mass is 318 g/mol. The van der Waals surface area contributed by atoms with Gasteiger partial charge in [0.1, 0.15) is 10.8 Å². The number of hydrogen-bond acceptors (Lipinski definition) is 4. The van der Waals surface area contributed by atoms with E-state index in [1.165, 1.54) is 0 Å². The van der Waals surface area contributed by atoms with Gasteiger partial charge in [0, 0.05) is 24.9 Å². The first kappa shape index (κ1) is 16.5. The second-order valence-electron chi connectivity index (χ2n) is 4.91. The number of para-hydroxylation sites is 1. The van der Waals surface area contributed by atoms with Gasteiger partial charge in [-0.25, -0.2) is 4.98 Å². The average Bonchev–Trinajstić information content (AvgIpc) is 3.02. The molecule has 0 saturated carbocycles. The Balaban J connectivity index is 2.04. The minimum Gasteiger partial charge on any atom is -0.496 e. The molecule has 2 aromatic rings. The first-order valence-electron chi connectivity index (χ1n) is 7.55. The normalized spacial score (nSPS) is 10.5. The van der Waals surface area contributed by atoms with Gasteiger partial charge < -0.3 is 9.64 Å². The number of carbonyl (C=O) groups is 1. The number of amides is 1. The third kappa shape index (κ3) is 3.85. The molecule has 118 valence electrons. The molecule has 0 spiro atoms. The molecular formula is C17H22N2O2S. The fourth-order valence-electron chi connectivity index (χ4n) is 2.34. The van der Waals surface area contributed by atoms with E-state index in [9.17, 15) is 4.79 Å². The maximum absolute atomic E-state index is 12.0. The van der Waals surface area contributed by atoms with E-state index in [-0.39, 0.29) is 5.91 Å². The second-order valence-corrected chi connectivity index (χ2v) is 5.77. The maximum atomic E-state index is 12.0. The molecule has 0 atom stereocenters. The number of thiazole rings is 1. The summed E-state index contributed by atoms with van der Waals surface area (Å²) in [6.07, 6.45) is 1.19. The lowest BCUT2D eigenvalue weighted by atomic mass is 10.2. The SMILES string of the molecule is CCN(CC)C(=O)CCc1csc(-c2ccccc2OC)n1. The molecule has 1 amide bonds. The van der Waals surface area contributed by atoms with Gasteiger partial charge in [-0.2, -0.15) is 0 Å². The van der Waals surface area contributed by atoms with Gasteiger partial charge in [0.15, 0.2) is 0 Å². The van der Waals surface area contributed by atoms with Crippen LogP contribution in [0.5, 0.6) is 5.75 Å². The van der Waals surface area contributed by atoms with Gasteiger partial charge in [0.25, 0.3) is 0 Å². The van der Waals surface area contributed by atoms with E-state index in [4.69, 9.17) is 4.74 Å². The van der Waals surface area contributed by atoms with Gasteiger partial charge in [-0.3, -0.25) is 4.79 Å². The minimum absolute atomic E-state index is 0.192. The number of hydrogen-bond donors (Lipinski definition) is 0. The van der Waals surface area contributed by atoms with E-state index >= 15 is 0 Å². The second kappa shape index (κ2) is 7.94. The maximum Gasteiger partial charge on any atom is 0.222 e. The van der Waals surface area contributed by atoms with Gasteiger partial charge in [-0.05, 0) is 32.4 Å². The molecule has 0 N–H and O–H groups in total. The van der Waals surface area contributed by atoms with E-state index in [0.29, 0.717) is 12.8 Å². The lowest BCUT2D eigenvalue weighted by Gasteiger charge is -2.18. The fourth-order valence-corrected chi connectivity index (χ4v) is 3.22. The Bertz CT molecular complexity index is 621. The van der Waals surface area contributed by atoms with Crippen molar-refractivity contribution in [2.75, 3.05) is 20.2 Å². The number of carbonyl (C=O) groups excluding carboxylic acids is 1. The van der Waals surface area contributed by atoms with Crippen LogP contribution in [0.25, 0.3) is 10.6 Å². The van der Waals surface area contributed by atoms with Crippen LogP contribution < -0.4 is 4.74 Å². The van der Waals surface area contributed by atoms with Crippen LogP contribution in [-0.4, -0.2) is 36.0 Å². The van der Waals surface area contributed by atoms with E-state index in [2.05, 4.69) is 4.98 Å². The Morgan fingerprint density at radius 2 is 2.00 bits per heavy atom. The minimum atomic E-state index is 0.192. The van der Waals surface area contributed by atoms with Crippen LogP contribution in [0, 0.1) is 0 Å². The highest BCUT2D eigenvalue weighted by molar-refractivity contribution is 7.13. The van der Waals surface area contributed by atoms with Gasteiger partial charge in [-0.15, -0.1) is 11.3 Å². The van der Waals surface area contributed by atoms with E-state index < -0.39 is 0 Å². The van der Waals surface area contributed by atoms with Crippen molar-refractivity contribution in [2.45, 2.75) is 26.7 Å². The molecule has 0 aliphatic rings. The third-order valence-electron chi connectivity index (χ3n) is 3.60. The Morgan fingerprint density at radius 1 is 1.27 bits per heavy atom. The number of methoxy groups -OCH3 is 1. The standard InChI is InChI=1S/C17H22N2O2S/c1-4-19(5-2)16(20)11-10-13-12-22-17(18-13)14-8-6-7-9-15(14)21-3/h6-9,12H,4-5,10-11H2,1-3H3. The predicted molar refractivity (Wildman–Crippen MR) is 90.4 cm³/mol. The largest absolute Gasteiger partial charge is 0.496 e. The van der Waals surface area contributed by atoms with Crippen LogP contribution in [0.3, 0.4) is 0 Å². The fraction of sp³-hybridized carbons (Fsp3) is 0.412. The van der Waals surface area contributed by atoms with Crippen molar-refractivity contribution in [3.05, 3.63) is 35.3 Å². The highest BCUT2D eigenvalue weighted by Crippen LogP contribution is 2.32. The molecule has 1 heterocycles. The molecule has 0 fully saturated rings. The first-order valence-corrected chi connectivity index (χ1v) is 8.43. The molecule has 5 heteroatoms. The average molecular weight is 318 g/mol. The van der Waals surface area contributed by atoms with Gasteiger partial charge in [0.2, 0.25) is 5.91 Å². The smallest absolute Gasteiger partial charge is 0.222 e. The van der Waals surface area contributed by atoms with Crippen LogP contribution in [0.1, 0.15) is 26.0 Å². The highest BCUT2D eigenvalue weighted by atomic mass is 32.1. The zero-order valence-electron chi connectivity index (χ0n) is 13.3. The van der Waals surface area contributed by atoms with Crippen molar-refractivity contribution in [3.63, 3.8) is 0 Å². The van der Waals surface area contributed by atoms with Gasteiger partial charge in [-0.1, -0.05) is 12.1 Å². The molecule has 0 aliphatic carbocycles. The van der Waals surface area contributed by atoms with Crippen LogP contribution in [0.4, 0.5) is 0 Å². The van der Waals surface area contributed by atoms with Crippen LogP contribution in [-0.2, 0) is 11.2 Å². The number of rotatable bonds is 7. The Labute approximate surface area is 135 Å². The summed E-state index contributed by atoms with van der Waals surface area (Å²) in [5, 5.41) is 2.96. The summed E-state index contributed by atoms with van der Waals surface area (Å²) in [7, 11) is 1.66. The number of ether oxygens (including phenoxy) is 1.